The normalized spacial score (nSPS) is 18.0. The second-order valence-electron chi connectivity index (χ2n) is 5.91. The van der Waals surface area contributed by atoms with Crippen LogP contribution in [0.25, 0.3) is 0 Å². The molecule has 0 saturated carbocycles. The maximum atomic E-state index is 12.8. The minimum absolute atomic E-state index is 0.115. The van der Waals surface area contributed by atoms with E-state index in [1.807, 2.05) is 41.3 Å². The van der Waals surface area contributed by atoms with E-state index < -0.39 is 0 Å². The molecule has 1 fully saturated rings. The van der Waals surface area contributed by atoms with Crippen LogP contribution in [-0.4, -0.2) is 28.9 Å². The number of piperidine rings is 1. The Morgan fingerprint density at radius 3 is 2.77 bits per heavy atom. The van der Waals surface area contributed by atoms with Gasteiger partial charge in [-0.1, -0.05) is 19.1 Å². The number of pyridine rings is 1. The van der Waals surface area contributed by atoms with E-state index >= 15 is 0 Å². The molecule has 1 atom stereocenters. The summed E-state index contributed by atoms with van der Waals surface area (Å²) in [5.74, 6) is 0.696. The zero-order valence-electron chi connectivity index (χ0n) is 12.8. The second-order valence-corrected chi connectivity index (χ2v) is 5.91. The summed E-state index contributed by atoms with van der Waals surface area (Å²) in [5, 5.41) is 3.32. The molecule has 4 nitrogen and oxygen atoms in total. The lowest BCUT2D eigenvalue weighted by atomic mass is 9.99. The van der Waals surface area contributed by atoms with E-state index in [2.05, 4.69) is 17.2 Å². The topological polar surface area (TPSA) is 45.2 Å². The Balaban J connectivity index is 1.83. The van der Waals surface area contributed by atoms with Gasteiger partial charge in [-0.25, -0.2) is 0 Å². The highest BCUT2D eigenvalue weighted by Crippen LogP contribution is 2.24. The number of nitrogens with one attached hydrogen (secondary N) is 1. The number of carbonyl (C=O) groups is 1. The summed E-state index contributed by atoms with van der Waals surface area (Å²) in [6.07, 6.45) is 5.77. The van der Waals surface area contributed by atoms with Crippen LogP contribution in [0.2, 0.25) is 0 Å². The molecule has 22 heavy (non-hydrogen) atoms. The minimum Gasteiger partial charge on any atom is -0.355 e. The molecule has 1 unspecified atom stereocenters. The highest BCUT2D eigenvalue weighted by Gasteiger charge is 2.23. The third kappa shape index (κ3) is 3.27. The van der Waals surface area contributed by atoms with Crippen LogP contribution < -0.4 is 5.32 Å². The predicted octanol–water partition coefficient (Wildman–Crippen LogP) is 3.70. The summed E-state index contributed by atoms with van der Waals surface area (Å²) in [5.41, 5.74) is 2.51. The molecule has 0 bridgehead atoms. The molecular weight excluding hydrogens is 274 g/mol. The maximum absolute atomic E-state index is 12.8. The van der Waals surface area contributed by atoms with Crippen LogP contribution in [-0.2, 0) is 0 Å². The van der Waals surface area contributed by atoms with Crippen LogP contribution in [0.1, 0.15) is 30.1 Å². The molecule has 114 valence electrons. The lowest BCUT2D eigenvalue weighted by Gasteiger charge is -2.31. The van der Waals surface area contributed by atoms with Gasteiger partial charge in [0.15, 0.2) is 0 Å². The summed E-state index contributed by atoms with van der Waals surface area (Å²) in [6.45, 7) is 3.91. The summed E-state index contributed by atoms with van der Waals surface area (Å²) in [4.78, 5) is 18.8. The van der Waals surface area contributed by atoms with Crippen LogP contribution in [0.15, 0.2) is 48.8 Å². The molecule has 1 aliphatic heterocycles. The third-order valence-corrected chi connectivity index (χ3v) is 4.06. The van der Waals surface area contributed by atoms with Crippen molar-refractivity contribution < 1.29 is 4.79 Å². The molecular formula is C18H21N3O. The van der Waals surface area contributed by atoms with Gasteiger partial charge in [-0.3, -0.25) is 9.78 Å². The first-order chi connectivity index (χ1) is 10.7. The highest BCUT2D eigenvalue weighted by molar-refractivity contribution is 6.00. The maximum Gasteiger partial charge on any atom is 0.255 e. The van der Waals surface area contributed by atoms with Gasteiger partial charge < -0.3 is 10.2 Å². The molecule has 1 N–H and O–H groups in total. The van der Waals surface area contributed by atoms with E-state index in [0.29, 0.717) is 5.92 Å². The Morgan fingerprint density at radius 2 is 2.00 bits per heavy atom. The first kappa shape index (κ1) is 14.6. The van der Waals surface area contributed by atoms with Gasteiger partial charge >= 0.3 is 0 Å². The molecule has 2 heterocycles. The number of rotatable bonds is 3. The van der Waals surface area contributed by atoms with Crippen molar-refractivity contribution in [1.82, 2.24) is 9.88 Å². The van der Waals surface area contributed by atoms with Crippen LogP contribution in [0, 0.1) is 5.92 Å². The fourth-order valence-electron chi connectivity index (χ4n) is 2.91. The van der Waals surface area contributed by atoms with Crippen molar-refractivity contribution in [2.45, 2.75) is 19.8 Å². The van der Waals surface area contributed by atoms with Crippen molar-refractivity contribution in [2.75, 3.05) is 18.4 Å². The van der Waals surface area contributed by atoms with E-state index in [1.165, 1.54) is 6.42 Å². The van der Waals surface area contributed by atoms with E-state index in [-0.39, 0.29) is 5.91 Å². The number of aromatic nitrogens is 1. The average molecular weight is 295 g/mol. The average Bonchev–Trinajstić information content (AvgIpc) is 2.56. The zero-order valence-corrected chi connectivity index (χ0v) is 12.8. The Morgan fingerprint density at radius 1 is 1.23 bits per heavy atom. The number of carbonyl (C=O) groups excluding carboxylic acids is 1. The molecule has 4 heteroatoms. The van der Waals surface area contributed by atoms with E-state index in [4.69, 9.17) is 0 Å². The number of hydrogen-bond acceptors (Lipinski definition) is 3. The Bertz CT molecular complexity index is 642. The van der Waals surface area contributed by atoms with E-state index in [1.54, 1.807) is 12.4 Å². The number of likely N-dealkylation sites (tertiary alicyclic amines) is 1. The van der Waals surface area contributed by atoms with Crippen LogP contribution in [0.5, 0.6) is 0 Å². The number of anilines is 2. The van der Waals surface area contributed by atoms with Crippen molar-refractivity contribution in [1.29, 1.82) is 0 Å². The summed E-state index contributed by atoms with van der Waals surface area (Å²) < 4.78 is 0. The van der Waals surface area contributed by atoms with Crippen molar-refractivity contribution in [3.05, 3.63) is 54.4 Å². The quantitative estimate of drug-likeness (QED) is 0.939. The van der Waals surface area contributed by atoms with Gasteiger partial charge in [0.25, 0.3) is 5.91 Å². The monoisotopic (exact) mass is 295 g/mol. The van der Waals surface area contributed by atoms with Crippen LogP contribution >= 0.6 is 0 Å². The molecule has 1 amide bonds. The Hall–Kier alpha value is -2.36. The van der Waals surface area contributed by atoms with Crippen molar-refractivity contribution in [3.8, 4) is 0 Å². The fraction of sp³-hybridized carbons (Fsp3) is 0.333. The van der Waals surface area contributed by atoms with Crippen LogP contribution in [0.3, 0.4) is 0 Å². The molecule has 0 radical (unpaired) electrons. The first-order valence-electron chi connectivity index (χ1n) is 7.79. The zero-order chi connectivity index (χ0) is 15.4. The van der Waals surface area contributed by atoms with Crippen LogP contribution in [0.4, 0.5) is 11.4 Å². The minimum atomic E-state index is 0.115. The number of benzene rings is 1. The third-order valence-electron chi connectivity index (χ3n) is 4.06. The lowest BCUT2D eigenvalue weighted by Crippen LogP contribution is -2.39. The smallest absolute Gasteiger partial charge is 0.255 e. The molecule has 3 rings (SSSR count). The summed E-state index contributed by atoms with van der Waals surface area (Å²) in [7, 11) is 0. The van der Waals surface area contributed by atoms with Gasteiger partial charge in [-0.15, -0.1) is 0 Å². The second kappa shape index (κ2) is 6.60. The molecule has 1 saturated heterocycles. The van der Waals surface area contributed by atoms with Crippen molar-refractivity contribution >= 4 is 17.3 Å². The first-order valence-corrected chi connectivity index (χ1v) is 7.79. The van der Waals surface area contributed by atoms with Gasteiger partial charge in [0.2, 0.25) is 0 Å². The number of amides is 1. The number of hydrogen-bond donors (Lipinski definition) is 1. The van der Waals surface area contributed by atoms with Crippen molar-refractivity contribution in [3.63, 3.8) is 0 Å². The predicted molar refractivity (Wildman–Crippen MR) is 88.3 cm³/mol. The summed E-state index contributed by atoms with van der Waals surface area (Å²) >= 11 is 0. The summed E-state index contributed by atoms with van der Waals surface area (Å²) in [6, 6.07) is 11.5. The molecule has 0 spiro atoms. The Kier molecular flexibility index (Phi) is 4.37. The Labute approximate surface area is 131 Å². The fourth-order valence-corrected chi connectivity index (χ4v) is 2.91. The molecule has 0 aliphatic carbocycles. The number of para-hydroxylation sites is 1. The lowest BCUT2D eigenvalue weighted by molar-refractivity contribution is 0.0684. The highest BCUT2D eigenvalue weighted by atomic mass is 16.2. The molecule has 1 aromatic heterocycles. The largest absolute Gasteiger partial charge is 0.355 e. The standard InChI is InChI=1S/C18H21N3O/c1-14-5-4-12-21(13-14)18(22)16-6-2-3-7-17(16)20-15-8-10-19-11-9-15/h2-3,6-11,14H,4-5,12-13H2,1H3,(H,19,20). The SMILES string of the molecule is CC1CCCN(C(=O)c2ccccc2Nc2ccncc2)C1. The van der Waals surface area contributed by atoms with E-state index in [0.717, 1.165) is 36.4 Å². The van der Waals surface area contributed by atoms with Crippen molar-refractivity contribution in [2.24, 2.45) is 5.92 Å². The molecule has 1 aliphatic rings. The van der Waals surface area contributed by atoms with Gasteiger partial charge in [0, 0.05) is 31.2 Å². The number of nitrogens with zero attached hydrogens (tertiary/aromatic N) is 2. The van der Waals surface area contributed by atoms with Gasteiger partial charge in [0.05, 0.1) is 11.3 Å². The van der Waals surface area contributed by atoms with Gasteiger partial charge in [-0.2, -0.15) is 0 Å². The van der Waals surface area contributed by atoms with E-state index in [9.17, 15) is 4.79 Å². The molecule has 2 aromatic rings. The molecule has 1 aromatic carbocycles. The van der Waals surface area contributed by atoms with Gasteiger partial charge in [-0.05, 0) is 43.0 Å². The van der Waals surface area contributed by atoms with Gasteiger partial charge in [0.1, 0.15) is 0 Å².